The number of fused-ring (bicyclic) bond motifs is 1. The highest BCUT2D eigenvalue weighted by Gasteiger charge is 2.40. The summed E-state index contributed by atoms with van der Waals surface area (Å²) >= 11 is 0. The zero-order chi connectivity index (χ0) is 32.2. The number of nitrogens with zero attached hydrogens (tertiary/aromatic N) is 3. The van der Waals surface area contributed by atoms with E-state index in [0.29, 0.717) is 34.5 Å². The third kappa shape index (κ3) is 6.53. The molecule has 1 aliphatic rings. The van der Waals surface area contributed by atoms with E-state index in [1.165, 1.54) is 3.97 Å². The molecule has 0 bridgehead atoms. The van der Waals surface area contributed by atoms with Crippen molar-refractivity contribution in [2.24, 2.45) is 11.0 Å². The van der Waals surface area contributed by atoms with Crippen molar-refractivity contribution in [1.82, 2.24) is 9.29 Å². The number of hydrazone groups is 1. The van der Waals surface area contributed by atoms with Gasteiger partial charge in [0.1, 0.15) is 22.3 Å². The van der Waals surface area contributed by atoms with Crippen molar-refractivity contribution in [3.63, 3.8) is 0 Å². The Kier molecular flexibility index (Phi) is 9.30. The lowest BCUT2D eigenvalue weighted by atomic mass is 9.88. The van der Waals surface area contributed by atoms with Crippen LogP contribution in [0.1, 0.15) is 45.2 Å². The molecular formula is C32H35N5O6S. The first-order valence-electron chi connectivity index (χ1n) is 14.0. The second kappa shape index (κ2) is 12.8. The van der Waals surface area contributed by atoms with Crippen molar-refractivity contribution >= 4 is 44.3 Å². The van der Waals surface area contributed by atoms with Gasteiger partial charge in [0.2, 0.25) is 15.7 Å². The molecule has 2 aromatic carbocycles. The van der Waals surface area contributed by atoms with Crippen LogP contribution in [0.2, 0.25) is 0 Å². The van der Waals surface area contributed by atoms with Crippen molar-refractivity contribution < 1.29 is 27.5 Å². The molecule has 1 aliphatic carbocycles. The van der Waals surface area contributed by atoms with Crippen molar-refractivity contribution in [2.75, 3.05) is 12.0 Å². The minimum atomic E-state index is -3.77. The standard InChI is InChI=1S/C32H35N5O6S/c1-7-42-31(39)34-30(38)27(19-33)36-35-25-15-21(4)29(22(5)16-25)43-26-10-11-28-23(17-26)12-14-37(28)44(40,41)32(6)13-8-9-24(18-32)20(2)3/h8-17,20,35H,7,18H2,1-6H3,(H,34,38,39)/b36-27-. The number of benzene rings is 2. The van der Waals surface area contributed by atoms with Crippen LogP contribution in [-0.4, -0.2) is 41.5 Å². The van der Waals surface area contributed by atoms with Gasteiger partial charge in [-0.1, -0.05) is 37.6 Å². The SMILES string of the molecule is CCOC(=O)NC(=O)/C(C#N)=N\Nc1cc(C)c(Oc2ccc3c(ccn3S(=O)(=O)C3(C)C=CC=C(C(C)C)C3)c2)c(C)c1. The smallest absolute Gasteiger partial charge is 0.414 e. The van der Waals surface area contributed by atoms with Crippen LogP contribution in [0, 0.1) is 31.1 Å². The molecule has 0 saturated heterocycles. The highest BCUT2D eigenvalue weighted by Crippen LogP contribution is 2.38. The second-order valence-electron chi connectivity index (χ2n) is 11.0. The predicted molar refractivity (Wildman–Crippen MR) is 169 cm³/mol. The summed E-state index contributed by atoms with van der Waals surface area (Å²) in [7, 11) is -3.77. The fraction of sp³-hybridized carbons (Fsp3) is 0.312. The Morgan fingerprint density at radius 2 is 1.86 bits per heavy atom. The number of rotatable bonds is 9. The van der Waals surface area contributed by atoms with Crippen LogP contribution in [-0.2, 0) is 19.6 Å². The van der Waals surface area contributed by atoms with Gasteiger partial charge >= 0.3 is 6.09 Å². The van der Waals surface area contributed by atoms with Gasteiger partial charge < -0.3 is 9.47 Å². The van der Waals surface area contributed by atoms with Crippen LogP contribution < -0.4 is 15.5 Å². The number of aromatic nitrogens is 1. The summed E-state index contributed by atoms with van der Waals surface area (Å²) in [4.78, 5) is 23.6. The first kappa shape index (κ1) is 32.0. The third-order valence-corrected chi connectivity index (χ3v) is 9.61. The molecule has 1 atom stereocenters. The number of hydrogen-bond donors (Lipinski definition) is 2. The van der Waals surface area contributed by atoms with Gasteiger partial charge in [-0.3, -0.25) is 15.5 Å². The first-order valence-corrected chi connectivity index (χ1v) is 15.5. The number of carbonyl (C=O) groups excluding carboxylic acids is 2. The molecule has 44 heavy (non-hydrogen) atoms. The number of alkyl carbamates (subject to hydrolysis) is 1. The van der Waals surface area contributed by atoms with Crippen LogP contribution in [0.15, 0.2) is 71.5 Å². The van der Waals surface area contributed by atoms with Gasteiger partial charge in [-0.05, 0) is 87.6 Å². The van der Waals surface area contributed by atoms with Gasteiger partial charge in [0.25, 0.3) is 5.91 Å². The maximum absolute atomic E-state index is 13.9. The van der Waals surface area contributed by atoms with E-state index in [1.54, 1.807) is 68.6 Å². The molecule has 4 rings (SSSR count). The van der Waals surface area contributed by atoms with Crippen LogP contribution in [0.5, 0.6) is 11.5 Å². The monoisotopic (exact) mass is 617 g/mol. The van der Waals surface area contributed by atoms with Crippen LogP contribution >= 0.6 is 0 Å². The predicted octanol–water partition coefficient (Wildman–Crippen LogP) is 6.09. The Balaban J connectivity index is 1.53. The molecule has 0 radical (unpaired) electrons. The number of hydrogen-bond acceptors (Lipinski definition) is 9. The number of nitriles is 1. The van der Waals surface area contributed by atoms with E-state index in [2.05, 4.69) is 29.1 Å². The largest absolute Gasteiger partial charge is 0.457 e. The molecule has 0 spiro atoms. The quantitative estimate of drug-likeness (QED) is 0.216. The summed E-state index contributed by atoms with van der Waals surface area (Å²) in [6.45, 7) is 11.2. The zero-order valence-electron chi connectivity index (χ0n) is 25.5. The average Bonchev–Trinajstić information content (AvgIpc) is 3.39. The van der Waals surface area contributed by atoms with Gasteiger partial charge in [-0.2, -0.15) is 10.4 Å². The van der Waals surface area contributed by atoms with Crippen molar-refractivity contribution in [2.45, 2.75) is 52.7 Å². The number of allylic oxidation sites excluding steroid dienone is 3. The summed E-state index contributed by atoms with van der Waals surface area (Å²) in [6.07, 6.45) is 6.62. The molecule has 1 unspecified atom stereocenters. The van der Waals surface area contributed by atoms with Crippen LogP contribution in [0.25, 0.3) is 10.9 Å². The molecule has 3 aromatic rings. The number of nitrogens with one attached hydrogen (secondary N) is 2. The molecule has 2 N–H and O–H groups in total. The number of carbonyl (C=O) groups is 2. The maximum atomic E-state index is 13.9. The van der Waals surface area contributed by atoms with Crippen LogP contribution in [0.3, 0.4) is 0 Å². The van der Waals surface area contributed by atoms with E-state index in [9.17, 15) is 23.3 Å². The molecule has 230 valence electrons. The molecule has 1 heterocycles. The summed E-state index contributed by atoms with van der Waals surface area (Å²) in [5, 5.41) is 15.7. The first-order chi connectivity index (χ1) is 20.8. The van der Waals surface area contributed by atoms with E-state index in [-0.39, 0.29) is 12.5 Å². The molecule has 11 nitrogen and oxygen atoms in total. The summed E-state index contributed by atoms with van der Waals surface area (Å²) in [6, 6.07) is 12.1. The van der Waals surface area contributed by atoms with Crippen molar-refractivity contribution in [1.29, 1.82) is 5.26 Å². The van der Waals surface area contributed by atoms with Gasteiger partial charge in [0.05, 0.1) is 17.8 Å². The normalized spacial score (nSPS) is 16.8. The second-order valence-corrected chi connectivity index (χ2v) is 13.3. The zero-order valence-corrected chi connectivity index (χ0v) is 26.3. The minimum absolute atomic E-state index is 0.0699. The lowest BCUT2D eigenvalue weighted by Crippen LogP contribution is -2.39. The summed E-state index contributed by atoms with van der Waals surface area (Å²) < 4.78 is 38.8. The topological polar surface area (TPSA) is 152 Å². The van der Waals surface area contributed by atoms with E-state index in [0.717, 1.165) is 16.7 Å². The number of imide groups is 1. The maximum Gasteiger partial charge on any atom is 0.414 e. The molecule has 2 amide bonds. The third-order valence-electron chi connectivity index (χ3n) is 7.32. The molecule has 1 aromatic heterocycles. The highest BCUT2D eigenvalue weighted by molar-refractivity contribution is 7.91. The van der Waals surface area contributed by atoms with E-state index in [1.807, 2.05) is 31.3 Å². The Morgan fingerprint density at radius 1 is 1.16 bits per heavy atom. The van der Waals surface area contributed by atoms with Crippen LogP contribution in [0.4, 0.5) is 10.5 Å². The van der Waals surface area contributed by atoms with Gasteiger partial charge in [0.15, 0.2) is 0 Å². The van der Waals surface area contributed by atoms with E-state index in [4.69, 9.17) is 4.74 Å². The number of ether oxygens (including phenoxy) is 2. The minimum Gasteiger partial charge on any atom is -0.457 e. The molecule has 0 aliphatic heterocycles. The fourth-order valence-corrected chi connectivity index (χ4v) is 6.62. The Morgan fingerprint density at radius 3 is 2.50 bits per heavy atom. The number of anilines is 1. The van der Waals surface area contributed by atoms with Gasteiger partial charge in [0, 0.05) is 11.6 Å². The van der Waals surface area contributed by atoms with E-state index < -0.39 is 32.5 Å². The number of aryl methyl sites for hydroxylation is 2. The Hall–Kier alpha value is -4.89. The molecule has 12 heteroatoms. The Labute approximate surface area is 256 Å². The highest BCUT2D eigenvalue weighted by atomic mass is 32.2. The lowest BCUT2D eigenvalue weighted by molar-refractivity contribution is -0.114. The Bertz CT molecular complexity index is 1840. The van der Waals surface area contributed by atoms with E-state index >= 15 is 0 Å². The number of amides is 2. The average molecular weight is 618 g/mol. The summed E-state index contributed by atoms with van der Waals surface area (Å²) in [5.74, 6) is 0.359. The van der Waals surface area contributed by atoms with Gasteiger partial charge in [-0.25, -0.2) is 17.2 Å². The lowest BCUT2D eigenvalue weighted by Gasteiger charge is -2.31. The van der Waals surface area contributed by atoms with Gasteiger partial charge in [-0.15, -0.1) is 0 Å². The molecular weight excluding hydrogens is 582 g/mol. The fourth-order valence-electron chi connectivity index (χ4n) is 4.92. The molecule has 0 fully saturated rings. The molecule has 0 saturated carbocycles. The van der Waals surface area contributed by atoms with Crippen molar-refractivity contribution in [3.05, 3.63) is 77.5 Å². The summed E-state index contributed by atoms with van der Waals surface area (Å²) in [5.41, 5.74) is 5.72. The van der Waals surface area contributed by atoms with Crippen molar-refractivity contribution in [3.8, 4) is 17.6 Å².